The van der Waals surface area contributed by atoms with Crippen LogP contribution in [-0.2, 0) is 26.2 Å². The summed E-state index contributed by atoms with van der Waals surface area (Å²) in [5.74, 6) is -1.23. The van der Waals surface area contributed by atoms with Crippen LogP contribution in [0.5, 0.6) is 0 Å². The van der Waals surface area contributed by atoms with Gasteiger partial charge in [-0.25, -0.2) is 12.8 Å². The van der Waals surface area contributed by atoms with E-state index in [1.807, 2.05) is 0 Å². The van der Waals surface area contributed by atoms with Crippen LogP contribution in [0.2, 0.25) is 0 Å². The van der Waals surface area contributed by atoms with E-state index in [-0.39, 0.29) is 17.3 Å². The molecule has 0 fully saturated rings. The first-order chi connectivity index (χ1) is 15.7. The van der Waals surface area contributed by atoms with Crippen molar-refractivity contribution in [2.75, 3.05) is 23.8 Å². The number of aromatic nitrogens is 1. The molecule has 3 rings (SSSR count). The Morgan fingerprint density at radius 3 is 2.24 bits per heavy atom. The molecule has 0 saturated carbocycles. The number of rotatable bonds is 8. The molecule has 2 amide bonds. The minimum atomic E-state index is -3.98. The minimum Gasteiger partial charge on any atom is -0.326 e. The lowest BCUT2D eigenvalue weighted by Gasteiger charge is -2.25. The first-order valence-corrected chi connectivity index (χ1v) is 11.4. The van der Waals surface area contributed by atoms with Crippen LogP contribution in [-0.4, -0.2) is 43.1 Å². The van der Waals surface area contributed by atoms with Crippen LogP contribution in [0.1, 0.15) is 12.6 Å². The molecule has 1 aromatic heterocycles. The maximum absolute atomic E-state index is 13.4. The van der Waals surface area contributed by atoms with Crippen LogP contribution in [0, 0.1) is 5.82 Å². The van der Waals surface area contributed by atoms with Crippen LogP contribution in [0.15, 0.2) is 77.8 Å². The number of sulfonamides is 1. The molecule has 0 spiro atoms. The van der Waals surface area contributed by atoms with Crippen molar-refractivity contribution in [3.05, 3.63) is 84.4 Å². The van der Waals surface area contributed by atoms with E-state index in [2.05, 4.69) is 10.3 Å². The highest BCUT2D eigenvalue weighted by Gasteiger charge is 2.26. The summed E-state index contributed by atoms with van der Waals surface area (Å²) in [6.07, 6.45) is 1.59. The number of amides is 2. The van der Waals surface area contributed by atoms with Crippen molar-refractivity contribution < 1.29 is 22.4 Å². The highest BCUT2D eigenvalue weighted by atomic mass is 32.2. The summed E-state index contributed by atoms with van der Waals surface area (Å²) in [5, 5.41) is 2.56. The molecule has 0 saturated heterocycles. The van der Waals surface area contributed by atoms with Gasteiger partial charge in [0.15, 0.2) is 0 Å². The van der Waals surface area contributed by atoms with Crippen molar-refractivity contribution in [3.8, 4) is 0 Å². The molecule has 0 aliphatic heterocycles. The molecule has 3 aromatic rings. The van der Waals surface area contributed by atoms with Gasteiger partial charge in [0.1, 0.15) is 5.82 Å². The molecule has 33 heavy (non-hydrogen) atoms. The summed E-state index contributed by atoms with van der Waals surface area (Å²) in [6.45, 7) is 0.993. The van der Waals surface area contributed by atoms with E-state index in [0.717, 1.165) is 4.31 Å². The Balaban J connectivity index is 1.81. The fraction of sp³-hybridized carbons (Fsp3) is 0.174. The molecule has 0 aliphatic rings. The van der Waals surface area contributed by atoms with Gasteiger partial charge >= 0.3 is 0 Å². The number of pyridine rings is 1. The highest BCUT2D eigenvalue weighted by molar-refractivity contribution is 7.89. The lowest BCUT2D eigenvalue weighted by Crippen LogP contribution is -2.41. The van der Waals surface area contributed by atoms with Gasteiger partial charge in [0.25, 0.3) is 0 Å². The largest absolute Gasteiger partial charge is 0.326 e. The molecule has 0 radical (unpaired) electrons. The van der Waals surface area contributed by atoms with E-state index in [4.69, 9.17) is 0 Å². The van der Waals surface area contributed by atoms with E-state index < -0.39 is 28.3 Å². The predicted octanol–water partition coefficient (Wildman–Crippen LogP) is 3.03. The summed E-state index contributed by atoms with van der Waals surface area (Å²) in [4.78, 5) is 29.8. The second kappa shape index (κ2) is 10.3. The Kier molecular flexibility index (Phi) is 7.52. The molecule has 2 aromatic carbocycles. The Labute approximate surface area is 191 Å². The van der Waals surface area contributed by atoms with E-state index in [9.17, 15) is 22.4 Å². The van der Waals surface area contributed by atoms with E-state index in [0.29, 0.717) is 17.1 Å². The van der Waals surface area contributed by atoms with Crippen LogP contribution < -0.4 is 10.2 Å². The number of anilines is 2. The van der Waals surface area contributed by atoms with Crippen LogP contribution in [0.4, 0.5) is 15.8 Å². The Hall–Kier alpha value is -3.63. The standard InChI is InChI=1S/C23H23FN4O4S/c1-17(29)26-19-8-12-22(13-9-19)33(31,32)27(2)16-23(30)28(15-20-5-3-4-14-25-20)21-10-6-18(24)7-11-21/h3-14H,15-16H2,1-2H3,(H,26,29). The number of hydrogen-bond donors (Lipinski definition) is 1. The van der Waals surface area contributed by atoms with E-state index in [1.54, 1.807) is 24.4 Å². The molecule has 0 bridgehead atoms. The molecule has 0 atom stereocenters. The quantitative estimate of drug-likeness (QED) is 0.546. The molecule has 1 N–H and O–H groups in total. The first-order valence-electron chi connectivity index (χ1n) is 9.96. The highest BCUT2D eigenvalue weighted by Crippen LogP contribution is 2.21. The number of halogens is 1. The Morgan fingerprint density at radius 2 is 1.67 bits per heavy atom. The topological polar surface area (TPSA) is 99.7 Å². The molecule has 10 heteroatoms. The van der Waals surface area contributed by atoms with Crippen molar-refractivity contribution in [2.24, 2.45) is 0 Å². The number of carbonyl (C=O) groups is 2. The zero-order valence-electron chi connectivity index (χ0n) is 18.1. The summed E-state index contributed by atoms with van der Waals surface area (Å²) >= 11 is 0. The number of likely N-dealkylation sites (N-methyl/N-ethyl adjacent to an activating group) is 1. The van der Waals surface area contributed by atoms with Gasteiger partial charge in [-0.1, -0.05) is 6.07 Å². The molecule has 0 aliphatic carbocycles. The summed E-state index contributed by atoms with van der Waals surface area (Å²) in [7, 11) is -2.67. The Morgan fingerprint density at radius 1 is 1.00 bits per heavy atom. The minimum absolute atomic E-state index is 0.0232. The maximum atomic E-state index is 13.4. The van der Waals surface area contributed by atoms with Gasteiger partial charge in [-0.05, 0) is 60.7 Å². The number of nitrogens with zero attached hydrogens (tertiary/aromatic N) is 3. The zero-order chi connectivity index (χ0) is 24.0. The van der Waals surface area contributed by atoms with Gasteiger partial charge in [0.2, 0.25) is 21.8 Å². The third-order valence-electron chi connectivity index (χ3n) is 4.73. The van der Waals surface area contributed by atoms with Crippen LogP contribution in [0.3, 0.4) is 0 Å². The predicted molar refractivity (Wildman–Crippen MR) is 122 cm³/mol. The summed E-state index contributed by atoms with van der Waals surface area (Å²) in [5.41, 5.74) is 1.46. The molecule has 172 valence electrons. The van der Waals surface area contributed by atoms with Gasteiger partial charge in [0, 0.05) is 31.5 Å². The smallest absolute Gasteiger partial charge is 0.243 e. The second-order valence-corrected chi connectivity index (χ2v) is 9.29. The first kappa shape index (κ1) is 24.0. The van der Waals surface area contributed by atoms with Crippen molar-refractivity contribution in [3.63, 3.8) is 0 Å². The average Bonchev–Trinajstić information content (AvgIpc) is 2.78. The molecule has 8 nitrogen and oxygen atoms in total. The van der Waals surface area contributed by atoms with Crippen molar-refractivity contribution in [1.29, 1.82) is 0 Å². The SMILES string of the molecule is CC(=O)Nc1ccc(S(=O)(=O)N(C)CC(=O)N(Cc2ccccn2)c2ccc(F)cc2)cc1. The van der Waals surface area contributed by atoms with Gasteiger partial charge in [-0.15, -0.1) is 0 Å². The van der Waals surface area contributed by atoms with Crippen molar-refractivity contribution >= 4 is 33.2 Å². The number of carbonyl (C=O) groups excluding carboxylic acids is 2. The zero-order valence-corrected chi connectivity index (χ0v) is 18.9. The summed E-state index contributed by atoms with van der Waals surface area (Å²) in [6, 6.07) is 16.3. The van der Waals surface area contributed by atoms with Crippen LogP contribution in [0.25, 0.3) is 0 Å². The third-order valence-corrected chi connectivity index (χ3v) is 6.54. The van der Waals surface area contributed by atoms with Gasteiger partial charge in [-0.3, -0.25) is 14.6 Å². The second-order valence-electron chi connectivity index (χ2n) is 7.24. The molecular weight excluding hydrogens is 447 g/mol. The fourth-order valence-electron chi connectivity index (χ4n) is 3.05. The maximum Gasteiger partial charge on any atom is 0.243 e. The average molecular weight is 471 g/mol. The fourth-order valence-corrected chi connectivity index (χ4v) is 4.17. The summed E-state index contributed by atoms with van der Waals surface area (Å²) < 4.78 is 40.3. The third kappa shape index (κ3) is 6.21. The number of nitrogens with one attached hydrogen (secondary N) is 1. The Bertz CT molecular complexity index is 1220. The molecular formula is C23H23FN4O4S. The molecule has 1 heterocycles. The number of benzene rings is 2. The van der Waals surface area contributed by atoms with E-state index in [1.165, 1.54) is 67.4 Å². The van der Waals surface area contributed by atoms with Crippen molar-refractivity contribution in [1.82, 2.24) is 9.29 Å². The van der Waals surface area contributed by atoms with Gasteiger partial charge < -0.3 is 10.2 Å². The molecule has 0 unspecified atom stereocenters. The van der Waals surface area contributed by atoms with Gasteiger partial charge in [0.05, 0.1) is 23.7 Å². The lowest BCUT2D eigenvalue weighted by atomic mass is 10.2. The normalized spacial score (nSPS) is 11.3. The van der Waals surface area contributed by atoms with E-state index >= 15 is 0 Å². The lowest BCUT2D eigenvalue weighted by molar-refractivity contribution is -0.118. The van der Waals surface area contributed by atoms with Gasteiger partial charge in [-0.2, -0.15) is 4.31 Å². The number of hydrogen-bond acceptors (Lipinski definition) is 5. The monoisotopic (exact) mass is 470 g/mol. The van der Waals surface area contributed by atoms with Crippen molar-refractivity contribution in [2.45, 2.75) is 18.4 Å². The van der Waals surface area contributed by atoms with Crippen LogP contribution >= 0.6 is 0 Å².